The average molecular weight is 438 g/mol. The first-order chi connectivity index (χ1) is 15.2. The minimum atomic E-state index is 0.565. The van der Waals surface area contributed by atoms with Crippen LogP contribution in [0.4, 0.5) is 0 Å². The summed E-state index contributed by atoms with van der Waals surface area (Å²) in [7, 11) is 4.23. The summed E-state index contributed by atoms with van der Waals surface area (Å²) in [6.45, 7) is 1.80. The molecule has 6 heteroatoms. The van der Waals surface area contributed by atoms with Crippen molar-refractivity contribution in [1.29, 1.82) is 0 Å². The van der Waals surface area contributed by atoms with Crippen LogP contribution < -0.4 is 4.74 Å². The van der Waals surface area contributed by atoms with Crippen LogP contribution in [-0.4, -0.2) is 48.1 Å². The van der Waals surface area contributed by atoms with E-state index in [1.807, 2.05) is 42.5 Å². The molecule has 0 amide bonds. The molecule has 0 atom stereocenters. The van der Waals surface area contributed by atoms with Gasteiger partial charge < -0.3 is 14.1 Å². The maximum absolute atomic E-state index is 5.81. The molecule has 2 aromatic carbocycles. The van der Waals surface area contributed by atoms with Gasteiger partial charge in [-0.15, -0.1) is 22.0 Å². The minimum absolute atomic E-state index is 0.565. The van der Waals surface area contributed by atoms with Gasteiger partial charge in [-0.3, -0.25) is 0 Å². The second kappa shape index (κ2) is 13.0. The van der Waals surface area contributed by atoms with E-state index in [1.54, 1.807) is 11.8 Å². The summed E-state index contributed by atoms with van der Waals surface area (Å²) >= 11 is 1.72. The van der Waals surface area contributed by atoms with Gasteiger partial charge in [-0.25, -0.2) is 0 Å². The van der Waals surface area contributed by atoms with Gasteiger partial charge in [-0.05, 0) is 69.7 Å². The second-order valence-electron chi connectivity index (χ2n) is 7.54. The zero-order chi connectivity index (χ0) is 21.7. The van der Waals surface area contributed by atoms with Crippen LogP contribution in [0, 0.1) is 0 Å². The number of unbranched alkanes of at least 4 members (excludes halogenated alkanes) is 2. The highest BCUT2D eigenvalue weighted by molar-refractivity contribution is 7.98. The number of hydrogen-bond acceptors (Lipinski definition) is 6. The van der Waals surface area contributed by atoms with Crippen molar-refractivity contribution in [1.82, 2.24) is 15.1 Å². The minimum Gasteiger partial charge on any atom is -0.493 e. The molecule has 5 nitrogen and oxygen atoms in total. The highest BCUT2D eigenvalue weighted by atomic mass is 32.2. The lowest BCUT2D eigenvalue weighted by atomic mass is 10.1. The summed E-state index contributed by atoms with van der Waals surface area (Å²) in [5.74, 6) is 3.64. The number of rotatable bonds is 13. The fourth-order valence-electron chi connectivity index (χ4n) is 2.97. The second-order valence-corrected chi connectivity index (χ2v) is 8.64. The Morgan fingerprint density at radius 1 is 1.00 bits per heavy atom. The predicted octanol–water partition coefficient (Wildman–Crippen LogP) is 5.79. The van der Waals surface area contributed by atoms with Crippen LogP contribution in [-0.2, 0) is 5.75 Å². The summed E-state index contributed by atoms with van der Waals surface area (Å²) in [6.07, 6.45) is 7.97. The lowest BCUT2D eigenvalue weighted by Crippen LogP contribution is -2.12. The van der Waals surface area contributed by atoms with Crippen LogP contribution in [0.15, 0.2) is 65.1 Å². The van der Waals surface area contributed by atoms with Crippen molar-refractivity contribution in [3.8, 4) is 17.2 Å². The van der Waals surface area contributed by atoms with Gasteiger partial charge in [0.15, 0.2) is 0 Å². The third-order valence-corrected chi connectivity index (χ3v) is 5.53. The van der Waals surface area contributed by atoms with Crippen molar-refractivity contribution in [2.24, 2.45) is 0 Å². The van der Waals surface area contributed by atoms with E-state index in [0.29, 0.717) is 24.1 Å². The molecule has 0 aliphatic heterocycles. The molecule has 0 spiro atoms. The molecule has 3 aromatic rings. The average Bonchev–Trinajstić information content (AvgIpc) is 3.26. The van der Waals surface area contributed by atoms with Gasteiger partial charge in [-0.2, -0.15) is 0 Å². The summed E-state index contributed by atoms with van der Waals surface area (Å²) in [5.41, 5.74) is 2.13. The Labute approximate surface area is 189 Å². The van der Waals surface area contributed by atoms with E-state index < -0.39 is 0 Å². The zero-order valence-electron chi connectivity index (χ0n) is 18.4. The first kappa shape index (κ1) is 23.1. The van der Waals surface area contributed by atoms with Crippen molar-refractivity contribution in [3.05, 3.63) is 72.1 Å². The van der Waals surface area contributed by atoms with Gasteiger partial charge in [0.1, 0.15) is 5.75 Å². The molecular weight excluding hydrogens is 406 g/mol. The molecule has 0 N–H and O–H groups in total. The van der Waals surface area contributed by atoms with Crippen LogP contribution in [0.1, 0.15) is 30.7 Å². The Bertz CT molecular complexity index is 908. The molecule has 31 heavy (non-hydrogen) atoms. The Balaban J connectivity index is 1.38. The monoisotopic (exact) mass is 437 g/mol. The van der Waals surface area contributed by atoms with Crippen LogP contribution in [0.25, 0.3) is 17.5 Å². The summed E-state index contributed by atoms with van der Waals surface area (Å²) in [4.78, 5) is 2.23. The third-order valence-electron chi connectivity index (χ3n) is 4.63. The summed E-state index contributed by atoms with van der Waals surface area (Å²) in [5, 5.41) is 8.35. The number of nitrogens with zero attached hydrogens (tertiary/aromatic N) is 3. The maximum Gasteiger partial charge on any atom is 0.247 e. The van der Waals surface area contributed by atoms with Crippen molar-refractivity contribution in [3.63, 3.8) is 0 Å². The quantitative estimate of drug-likeness (QED) is 0.315. The topological polar surface area (TPSA) is 51.4 Å². The number of para-hydroxylation sites is 1. The van der Waals surface area contributed by atoms with Crippen molar-refractivity contribution in [2.45, 2.75) is 25.0 Å². The van der Waals surface area contributed by atoms with E-state index >= 15 is 0 Å². The highest BCUT2D eigenvalue weighted by Crippen LogP contribution is 2.21. The standard InChI is InChI=1S/C25H31N3O2S/c1-28(2)17-9-4-3-6-10-21-13-15-22(16-14-21)25-27-26-24(30-25)20-31-19-18-29-23-11-7-5-8-12-23/h5-8,10-16H,3-4,9,17-20H2,1-2H3/b10-6+. The van der Waals surface area contributed by atoms with E-state index in [2.05, 4.69) is 53.5 Å². The zero-order valence-corrected chi connectivity index (χ0v) is 19.2. The number of allylic oxidation sites excluding steroid dienone is 1. The predicted molar refractivity (Wildman–Crippen MR) is 129 cm³/mol. The molecule has 0 aliphatic carbocycles. The molecule has 164 valence electrons. The molecule has 0 unspecified atom stereocenters. The molecule has 0 aliphatic rings. The summed E-state index contributed by atoms with van der Waals surface area (Å²) in [6, 6.07) is 18.1. The van der Waals surface area contributed by atoms with Gasteiger partial charge in [-0.1, -0.05) is 42.5 Å². The Morgan fingerprint density at radius 3 is 2.58 bits per heavy atom. The van der Waals surface area contributed by atoms with Crippen molar-refractivity contribution >= 4 is 17.8 Å². The van der Waals surface area contributed by atoms with E-state index in [9.17, 15) is 0 Å². The lowest BCUT2D eigenvalue weighted by molar-refractivity contribution is 0.344. The van der Waals surface area contributed by atoms with Crippen LogP contribution in [0.5, 0.6) is 5.75 Å². The van der Waals surface area contributed by atoms with E-state index in [-0.39, 0.29) is 0 Å². The van der Waals surface area contributed by atoms with Crippen LogP contribution in [0.2, 0.25) is 0 Å². The Hall–Kier alpha value is -2.57. The fourth-order valence-corrected chi connectivity index (χ4v) is 3.61. The normalized spacial score (nSPS) is 11.5. The van der Waals surface area contributed by atoms with Crippen molar-refractivity contribution < 1.29 is 9.15 Å². The first-order valence-corrected chi connectivity index (χ1v) is 11.9. The Kier molecular flexibility index (Phi) is 9.67. The number of benzene rings is 2. The third kappa shape index (κ3) is 8.59. The number of hydrogen-bond donors (Lipinski definition) is 0. The number of ether oxygens (including phenoxy) is 1. The molecular formula is C25H31N3O2S. The highest BCUT2D eigenvalue weighted by Gasteiger charge is 2.08. The van der Waals surface area contributed by atoms with Crippen LogP contribution >= 0.6 is 11.8 Å². The van der Waals surface area contributed by atoms with Gasteiger partial charge in [0.2, 0.25) is 11.8 Å². The molecule has 1 aromatic heterocycles. The van der Waals surface area contributed by atoms with Gasteiger partial charge in [0.25, 0.3) is 0 Å². The molecule has 0 saturated carbocycles. The molecule has 0 fully saturated rings. The summed E-state index contributed by atoms with van der Waals surface area (Å²) < 4.78 is 11.5. The first-order valence-electron chi connectivity index (χ1n) is 10.7. The van der Waals surface area contributed by atoms with Gasteiger partial charge >= 0.3 is 0 Å². The fraction of sp³-hybridized carbons (Fsp3) is 0.360. The SMILES string of the molecule is CN(C)CCCC/C=C/c1ccc(-c2nnc(CSCCOc3ccccc3)o2)cc1. The largest absolute Gasteiger partial charge is 0.493 e. The van der Waals surface area contributed by atoms with E-state index in [1.165, 1.54) is 18.4 Å². The number of thioether (sulfide) groups is 1. The molecule has 3 rings (SSSR count). The molecule has 0 radical (unpaired) electrons. The Morgan fingerprint density at radius 2 is 1.81 bits per heavy atom. The maximum atomic E-state index is 5.81. The van der Waals surface area contributed by atoms with Gasteiger partial charge in [0.05, 0.1) is 12.4 Å². The van der Waals surface area contributed by atoms with Crippen LogP contribution in [0.3, 0.4) is 0 Å². The molecule has 1 heterocycles. The number of aromatic nitrogens is 2. The van der Waals surface area contributed by atoms with Gasteiger partial charge in [0, 0.05) is 11.3 Å². The lowest BCUT2D eigenvalue weighted by Gasteiger charge is -2.07. The van der Waals surface area contributed by atoms with Crippen molar-refractivity contribution in [2.75, 3.05) is 33.0 Å². The molecule has 0 bridgehead atoms. The van der Waals surface area contributed by atoms with E-state index in [4.69, 9.17) is 9.15 Å². The molecule has 0 saturated heterocycles. The smallest absolute Gasteiger partial charge is 0.247 e. The van der Waals surface area contributed by atoms with E-state index in [0.717, 1.165) is 30.0 Å².